The third-order valence-electron chi connectivity index (χ3n) is 3.15. The molecule has 2 nitrogen and oxygen atoms in total. The molecule has 0 spiro atoms. The molecule has 1 N–H and O–H groups in total. The maximum atomic E-state index is 3.59. The molecule has 1 rings (SSSR count). The molecule has 1 unspecified atom stereocenters. The Balaban J connectivity index is 2.25. The van der Waals surface area contributed by atoms with Crippen molar-refractivity contribution >= 4 is 0 Å². The molecule has 1 atom stereocenters. The fraction of sp³-hybridized carbons (Fsp3) is 1.00. The molecule has 1 saturated carbocycles. The first-order valence-corrected chi connectivity index (χ1v) is 6.41. The average Bonchev–Trinajstić information content (AvgIpc) is 2.92. The SMILES string of the molecule is CCN(CC1CC1)C(C)CNC(C)(C)C. The van der Waals surface area contributed by atoms with Gasteiger partial charge in [0.05, 0.1) is 0 Å². The van der Waals surface area contributed by atoms with Crippen LogP contribution in [0.1, 0.15) is 47.5 Å². The summed E-state index contributed by atoms with van der Waals surface area (Å²) in [7, 11) is 0. The second-order valence-electron chi connectivity index (χ2n) is 6.01. The lowest BCUT2D eigenvalue weighted by molar-refractivity contribution is 0.196. The topological polar surface area (TPSA) is 15.3 Å². The number of hydrogen-bond acceptors (Lipinski definition) is 2. The van der Waals surface area contributed by atoms with Gasteiger partial charge in [0, 0.05) is 24.7 Å². The van der Waals surface area contributed by atoms with Crippen molar-refractivity contribution in [1.29, 1.82) is 0 Å². The van der Waals surface area contributed by atoms with Crippen molar-refractivity contribution in [3.05, 3.63) is 0 Å². The van der Waals surface area contributed by atoms with Crippen LogP contribution >= 0.6 is 0 Å². The maximum Gasteiger partial charge on any atom is 0.0192 e. The van der Waals surface area contributed by atoms with Crippen LogP contribution in [0.5, 0.6) is 0 Å². The minimum atomic E-state index is 0.243. The predicted molar refractivity (Wildman–Crippen MR) is 67.2 cm³/mol. The van der Waals surface area contributed by atoms with E-state index >= 15 is 0 Å². The van der Waals surface area contributed by atoms with E-state index in [0.29, 0.717) is 6.04 Å². The van der Waals surface area contributed by atoms with Crippen LogP contribution in [0.15, 0.2) is 0 Å². The van der Waals surface area contributed by atoms with Gasteiger partial charge in [0.2, 0.25) is 0 Å². The van der Waals surface area contributed by atoms with Crippen LogP contribution in [-0.2, 0) is 0 Å². The number of rotatable bonds is 6. The number of nitrogens with zero attached hydrogens (tertiary/aromatic N) is 1. The summed E-state index contributed by atoms with van der Waals surface area (Å²) in [5.41, 5.74) is 0.243. The van der Waals surface area contributed by atoms with E-state index in [1.54, 1.807) is 0 Å². The molecule has 90 valence electrons. The first-order chi connectivity index (χ1) is 6.92. The summed E-state index contributed by atoms with van der Waals surface area (Å²) in [6, 6.07) is 0.662. The zero-order valence-electron chi connectivity index (χ0n) is 11.1. The smallest absolute Gasteiger partial charge is 0.0192 e. The third-order valence-corrected chi connectivity index (χ3v) is 3.15. The van der Waals surface area contributed by atoms with Crippen LogP contribution < -0.4 is 5.32 Å². The third kappa shape index (κ3) is 5.53. The van der Waals surface area contributed by atoms with Gasteiger partial charge in [0.1, 0.15) is 0 Å². The first kappa shape index (κ1) is 13.0. The number of hydrogen-bond donors (Lipinski definition) is 1. The standard InChI is InChI=1S/C13H28N2/c1-6-15(10-12-7-8-12)11(2)9-14-13(3,4)5/h11-12,14H,6-10H2,1-5H3. The number of nitrogens with one attached hydrogen (secondary N) is 1. The van der Waals surface area contributed by atoms with E-state index in [4.69, 9.17) is 0 Å². The van der Waals surface area contributed by atoms with Crippen LogP contribution in [0.2, 0.25) is 0 Å². The summed E-state index contributed by atoms with van der Waals surface area (Å²) < 4.78 is 0. The van der Waals surface area contributed by atoms with Crippen molar-refractivity contribution in [1.82, 2.24) is 10.2 Å². The van der Waals surface area contributed by atoms with Gasteiger partial charge in [-0.25, -0.2) is 0 Å². The highest BCUT2D eigenvalue weighted by molar-refractivity contribution is 4.81. The van der Waals surface area contributed by atoms with Crippen LogP contribution in [0.3, 0.4) is 0 Å². The summed E-state index contributed by atoms with van der Waals surface area (Å²) in [5, 5.41) is 3.59. The molecule has 15 heavy (non-hydrogen) atoms. The molecule has 2 heteroatoms. The largest absolute Gasteiger partial charge is 0.311 e. The summed E-state index contributed by atoms with van der Waals surface area (Å²) in [5.74, 6) is 1.00. The Bertz CT molecular complexity index is 179. The lowest BCUT2D eigenvalue weighted by Gasteiger charge is -2.31. The highest BCUT2D eigenvalue weighted by Gasteiger charge is 2.26. The van der Waals surface area contributed by atoms with Crippen molar-refractivity contribution in [2.24, 2.45) is 5.92 Å². The molecule has 0 bridgehead atoms. The number of likely N-dealkylation sites (N-methyl/N-ethyl adjacent to an activating group) is 1. The van der Waals surface area contributed by atoms with Crippen LogP contribution in [0.25, 0.3) is 0 Å². The minimum absolute atomic E-state index is 0.243. The monoisotopic (exact) mass is 212 g/mol. The lowest BCUT2D eigenvalue weighted by Crippen LogP contribution is -2.46. The highest BCUT2D eigenvalue weighted by atomic mass is 15.2. The molecule has 0 amide bonds. The Hall–Kier alpha value is -0.0800. The van der Waals surface area contributed by atoms with Gasteiger partial charge in [-0.1, -0.05) is 6.92 Å². The van der Waals surface area contributed by atoms with Crippen LogP contribution in [0, 0.1) is 5.92 Å². The molecule has 0 aliphatic heterocycles. The Labute approximate surface area is 95.4 Å². The van der Waals surface area contributed by atoms with E-state index in [1.165, 1.54) is 25.9 Å². The second-order valence-corrected chi connectivity index (χ2v) is 6.01. The fourth-order valence-corrected chi connectivity index (χ4v) is 1.84. The predicted octanol–water partition coefficient (Wildman–Crippen LogP) is 2.49. The normalized spacial score (nSPS) is 19.6. The van der Waals surface area contributed by atoms with Crippen molar-refractivity contribution < 1.29 is 0 Å². The zero-order chi connectivity index (χ0) is 11.5. The Morgan fingerprint density at radius 3 is 2.33 bits per heavy atom. The lowest BCUT2D eigenvalue weighted by atomic mass is 10.1. The average molecular weight is 212 g/mol. The molecular weight excluding hydrogens is 184 g/mol. The van der Waals surface area contributed by atoms with Crippen molar-refractivity contribution in [3.8, 4) is 0 Å². The molecule has 0 heterocycles. The Kier molecular flexibility index (Phi) is 4.60. The summed E-state index contributed by atoms with van der Waals surface area (Å²) in [6.07, 6.45) is 2.91. The second kappa shape index (κ2) is 5.31. The molecule has 1 aliphatic rings. The van der Waals surface area contributed by atoms with E-state index in [9.17, 15) is 0 Å². The van der Waals surface area contributed by atoms with Crippen molar-refractivity contribution in [2.45, 2.75) is 59.0 Å². The first-order valence-electron chi connectivity index (χ1n) is 6.41. The van der Waals surface area contributed by atoms with Gasteiger partial charge < -0.3 is 5.32 Å². The van der Waals surface area contributed by atoms with E-state index in [-0.39, 0.29) is 5.54 Å². The Morgan fingerprint density at radius 2 is 1.93 bits per heavy atom. The van der Waals surface area contributed by atoms with Crippen molar-refractivity contribution in [2.75, 3.05) is 19.6 Å². The molecule has 1 fully saturated rings. The molecule has 0 aromatic carbocycles. The van der Waals surface area contributed by atoms with E-state index in [1.807, 2.05) is 0 Å². The van der Waals surface area contributed by atoms with E-state index in [2.05, 4.69) is 44.8 Å². The molecule has 0 saturated heterocycles. The summed E-state index contributed by atoms with van der Waals surface area (Å²) in [6.45, 7) is 14.9. The van der Waals surface area contributed by atoms with Gasteiger partial charge in [-0.15, -0.1) is 0 Å². The van der Waals surface area contributed by atoms with Gasteiger partial charge in [0.25, 0.3) is 0 Å². The highest BCUT2D eigenvalue weighted by Crippen LogP contribution is 2.30. The van der Waals surface area contributed by atoms with E-state index in [0.717, 1.165) is 12.5 Å². The van der Waals surface area contributed by atoms with Crippen LogP contribution in [-0.4, -0.2) is 36.1 Å². The van der Waals surface area contributed by atoms with Gasteiger partial charge >= 0.3 is 0 Å². The quantitative estimate of drug-likeness (QED) is 0.728. The Morgan fingerprint density at radius 1 is 1.33 bits per heavy atom. The molecule has 0 aromatic heterocycles. The summed E-state index contributed by atoms with van der Waals surface area (Å²) >= 11 is 0. The minimum Gasteiger partial charge on any atom is -0.311 e. The van der Waals surface area contributed by atoms with Gasteiger partial charge in [-0.05, 0) is 53.0 Å². The van der Waals surface area contributed by atoms with Crippen LogP contribution in [0.4, 0.5) is 0 Å². The van der Waals surface area contributed by atoms with Crippen molar-refractivity contribution in [3.63, 3.8) is 0 Å². The van der Waals surface area contributed by atoms with E-state index < -0.39 is 0 Å². The summed E-state index contributed by atoms with van der Waals surface area (Å²) in [4.78, 5) is 2.61. The molecular formula is C13H28N2. The van der Waals surface area contributed by atoms with Gasteiger partial charge in [0.15, 0.2) is 0 Å². The van der Waals surface area contributed by atoms with Gasteiger partial charge in [-0.2, -0.15) is 0 Å². The molecule has 0 aromatic rings. The molecule has 1 aliphatic carbocycles. The van der Waals surface area contributed by atoms with Gasteiger partial charge in [-0.3, -0.25) is 4.90 Å². The molecule has 0 radical (unpaired) electrons. The zero-order valence-corrected chi connectivity index (χ0v) is 11.1. The maximum absolute atomic E-state index is 3.59. The fourth-order valence-electron chi connectivity index (χ4n) is 1.84.